The van der Waals surface area contributed by atoms with Crippen LogP contribution in [0.4, 0.5) is 0 Å². The standard InChI is InChI=1S/C15H26O4/c1-12-11-13(19-15(12)17)9-7-5-3-4-6-8-10-14(16)18-2/h12-13H,3-11H2,1-2H3/t12-,13+/m0/s1. The summed E-state index contributed by atoms with van der Waals surface area (Å²) in [6.45, 7) is 1.93. The number of ether oxygens (including phenoxy) is 2. The summed E-state index contributed by atoms with van der Waals surface area (Å²) in [5.74, 6) is -0.0618. The second-order valence-corrected chi connectivity index (χ2v) is 5.43. The van der Waals surface area contributed by atoms with E-state index in [0.717, 1.165) is 38.5 Å². The van der Waals surface area contributed by atoms with Gasteiger partial charge in [0, 0.05) is 6.42 Å². The monoisotopic (exact) mass is 270 g/mol. The maximum Gasteiger partial charge on any atom is 0.309 e. The molecule has 0 aromatic heterocycles. The molecule has 0 N–H and O–H groups in total. The van der Waals surface area contributed by atoms with Crippen molar-refractivity contribution in [2.24, 2.45) is 5.92 Å². The Balaban J connectivity index is 1.87. The first-order valence-corrected chi connectivity index (χ1v) is 7.40. The van der Waals surface area contributed by atoms with Crippen LogP contribution in [0, 0.1) is 5.92 Å². The smallest absolute Gasteiger partial charge is 0.309 e. The molecule has 1 heterocycles. The van der Waals surface area contributed by atoms with Crippen molar-refractivity contribution in [1.29, 1.82) is 0 Å². The van der Waals surface area contributed by atoms with Gasteiger partial charge in [-0.15, -0.1) is 0 Å². The number of carbonyl (C=O) groups is 2. The van der Waals surface area contributed by atoms with E-state index >= 15 is 0 Å². The number of unbranched alkanes of at least 4 members (excludes halogenated alkanes) is 5. The van der Waals surface area contributed by atoms with E-state index in [2.05, 4.69) is 4.74 Å². The van der Waals surface area contributed by atoms with Gasteiger partial charge >= 0.3 is 11.9 Å². The van der Waals surface area contributed by atoms with Crippen molar-refractivity contribution in [3.8, 4) is 0 Å². The molecule has 2 atom stereocenters. The molecule has 0 radical (unpaired) electrons. The number of rotatable bonds is 9. The van der Waals surface area contributed by atoms with Gasteiger partial charge in [-0.3, -0.25) is 9.59 Å². The van der Waals surface area contributed by atoms with Crippen molar-refractivity contribution >= 4 is 11.9 Å². The van der Waals surface area contributed by atoms with E-state index < -0.39 is 0 Å². The topological polar surface area (TPSA) is 52.6 Å². The highest BCUT2D eigenvalue weighted by Gasteiger charge is 2.30. The highest BCUT2D eigenvalue weighted by molar-refractivity contribution is 5.74. The van der Waals surface area contributed by atoms with E-state index in [1.807, 2.05) is 6.92 Å². The molecule has 0 aromatic carbocycles. The fourth-order valence-corrected chi connectivity index (χ4v) is 2.45. The quantitative estimate of drug-likeness (QED) is 0.477. The van der Waals surface area contributed by atoms with Crippen LogP contribution in [0.2, 0.25) is 0 Å². The molecule has 0 saturated carbocycles. The molecular weight excluding hydrogens is 244 g/mol. The molecule has 0 aromatic rings. The van der Waals surface area contributed by atoms with E-state index in [-0.39, 0.29) is 24.0 Å². The Bertz CT molecular complexity index is 288. The van der Waals surface area contributed by atoms with Crippen molar-refractivity contribution in [3.63, 3.8) is 0 Å². The zero-order valence-electron chi connectivity index (χ0n) is 12.2. The second kappa shape index (κ2) is 8.94. The predicted octanol–water partition coefficient (Wildman–Crippen LogP) is 3.23. The van der Waals surface area contributed by atoms with E-state index in [1.165, 1.54) is 20.0 Å². The molecule has 0 unspecified atom stereocenters. The minimum Gasteiger partial charge on any atom is -0.469 e. The van der Waals surface area contributed by atoms with Gasteiger partial charge < -0.3 is 9.47 Å². The Hall–Kier alpha value is -1.06. The summed E-state index contributed by atoms with van der Waals surface area (Å²) in [6.07, 6.45) is 9.25. The average Bonchev–Trinajstić information content (AvgIpc) is 2.71. The van der Waals surface area contributed by atoms with Crippen LogP contribution >= 0.6 is 0 Å². The lowest BCUT2D eigenvalue weighted by molar-refractivity contribution is -0.144. The van der Waals surface area contributed by atoms with E-state index in [9.17, 15) is 9.59 Å². The number of methoxy groups -OCH3 is 1. The lowest BCUT2D eigenvalue weighted by Gasteiger charge is -2.08. The van der Waals surface area contributed by atoms with Gasteiger partial charge in [0.1, 0.15) is 6.10 Å². The Morgan fingerprint density at radius 2 is 1.84 bits per heavy atom. The Labute approximate surface area is 115 Å². The molecule has 0 spiro atoms. The van der Waals surface area contributed by atoms with E-state index in [0.29, 0.717) is 6.42 Å². The van der Waals surface area contributed by atoms with Crippen LogP contribution in [0.5, 0.6) is 0 Å². The highest BCUT2D eigenvalue weighted by atomic mass is 16.6. The highest BCUT2D eigenvalue weighted by Crippen LogP contribution is 2.24. The maximum absolute atomic E-state index is 11.2. The van der Waals surface area contributed by atoms with Crippen LogP contribution in [0.15, 0.2) is 0 Å². The molecule has 4 nitrogen and oxygen atoms in total. The lowest BCUT2D eigenvalue weighted by atomic mass is 10.0. The molecular formula is C15H26O4. The number of hydrogen-bond donors (Lipinski definition) is 0. The number of cyclic esters (lactones) is 1. The molecule has 110 valence electrons. The fourth-order valence-electron chi connectivity index (χ4n) is 2.45. The van der Waals surface area contributed by atoms with Crippen molar-refractivity contribution in [1.82, 2.24) is 0 Å². The Kier molecular flexibility index (Phi) is 7.53. The van der Waals surface area contributed by atoms with Crippen LogP contribution in [0.3, 0.4) is 0 Å². The molecule has 1 rings (SSSR count). The van der Waals surface area contributed by atoms with Crippen LogP contribution in [-0.2, 0) is 19.1 Å². The van der Waals surface area contributed by atoms with Gasteiger partial charge in [0.25, 0.3) is 0 Å². The first-order chi connectivity index (χ1) is 9.13. The van der Waals surface area contributed by atoms with Crippen molar-refractivity contribution in [3.05, 3.63) is 0 Å². The summed E-state index contributed by atoms with van der Waals surface area (Å²) in [6, 6.07) is 0. The first kappa shape index (κ1) is 16.0. The van der Waals surface area contributed by atoms with Gasteiger partial charge in [0.05, 0.1) is 13.0 Å². The molecule has 1 aliphatic rings. The molecule has 4 heteroatoms. The largest absolute Gasteiger partial charge is 0.469 e. The minimum absolute atomic E-state index is 0.0344. The molecule has 0 bridgehead atoms. The number of esters is 2. The number of carbonyl (C=O) groups excluding carboxylic acids is 2. The second-order valence-electron chi connectivity index (χ2n) is 5.43. The molecule has 1 fully saturated rings. The molecule has 0 amide bonds. The SMILES string of the molecule is COC(=O)CCCCCCCC[C@@H]1C[C@H](C)C(=O)O1. The van der Waals surface area contributed by atoms with Gasteiger partial charge in [0.2, 0.25) is 0 Å². The van der Waals surface area contributed by atoms with Gasteiger partial charge in [-0.1, -0.05) is 32.6 Å². The van der Waals surface area contributed by atoms with Gasteiger partial charge in [-0.05, 0) is 25.7 Å². The lowest BCUT2D eigenvalue weighted by Crippen LogP contribution is -2.06. The van der Waals surface area contributed by atoms with Crippen molar-refractivity contribution in [2.45, 2.75) is 70.8 Å². The van der Waals surface area contributed by atoms with Crippen LogP contribution in [0.1, 0.15) is 64.7 Å². The first-order valence-electron chi connectivity index (χ1n) is 7.40. The van der Waals surface area contributed by atoms with E-state index in [1.54, 1.807) is 0 Å². The van der Waals surface area contributed by atoms with Crippen molar-refractivity contribution in [2.75, 3.05) is 7.11 Å². The van der Waals surface area contributed by atoms with Gasteiger partial charge in [0.15, 0.2) is 0 Å². The Morgan fingerprint density at radius 3 is 2.42 bits per heavy atom. The fraction of sp³-hybridized carbons (Fsp3) is 0.867. The summed E-state index contributed by atoms with van der Waals surface area (Å²) in [4.78, 5) is 22.1. The third kappa shape index (κ3) is 6.60. The predicted molar refractivity (Wildman–Crippen MR) is 72.6 cm³/mol. The van der Waals surface area contributed by atoms with E-state index in [4.69, 9.17) is 4.74 Å². The third-order valence-corrected chi connectivity index (χ3v) is 3.69. The summed E-state index contributed by atoms with van der Waals surface area (Å²) in [7, 11) is 1.43. The summed E-state index contributed by atoms with van der Waals surface area (Å²) < 4.78 is 9.86. The number of hydrogen-bond acceptors (Lipinski definition) is 4. The summed E-state index contributed by atoms with van der Waals surface area (Å²) >= 11 is 0. The van der Waals surface area contributed by atoms with Gasteiger partial charge in [-0.25, -0.2) is 0 Å². The molecule has 19 heavy (non-hydrogen) atoms. The minimum atomic E-state index is -0.114. The van der Waals surface area contributed by atoms with Crippen molar-refractivity contribution < 1.29 is 19.1 Å². The Morgan fingerprint density at radius 1 is 1.21 bits per heavy atom. The van der Waals surface area contributed by atoms with Gasteiger partial charge in [-0.2, -0.15) is 0 Å². The van der Waals surface area contributed by atoms with Crippen LogP contribution in [-0.4, -0.2) is 25.2 Å². The average molecular weight is 270 g/mol. The normalized spacial score (nSPS) is 22.3. The zero-order valence-corrected chi connectivity index (χ0v) is 12.2. The zero-order chi connectivity index (χ0) is 14.1. The maximum atomic E-state index is 11.2. The van der Waals surface area contributed by atoms with Crippen LogP contribution < -0.4 is 0 Å². The molecule has 1 saturated heterocycles. The molecule has 0 aliphatic carbocycles. The summed E-state index contributed by atoms with van der Waals surface area (Å²) in [5, 5.41) is 0. The van der Waals surface area contributed by atoms with Crippen LogP contribution in [0.25, 0.3) is 0 Å². The summed E-state index contributed by atoms with van der Waals surface area (Å²) in [5.41, 5.74) is 0. The molecule has 1 aliphatic heterocycles. The third-order valence-electron chi connectivity index (χ3n) is 3.69.